The lowest BCUT2D eigenvalue weighted by molar-refractivity contribution is -0.124. The van der Waals surface area contributed by atoms with Crippen LogP contribution in [0.2, 0.25) is 0 Å². The van der Waals surface area contributed by atoms with Crippen LogP contribution in [0.5, 0.6) is 0 Å². The molecule has 1 aromatic heterocycles. The van der Waals surface area contributed by atoms with E-state index in [-0.39, 0.29) is 23.8 Å². The number of rotatable bonds is 4. The number of aryl methyl sites for hydroxylation is 1. The van der Waals surface area contributed by atoms with Crippen LogP contribution in [0.4, 0.5) is 0 Å². The highest BCUT2D eigenvalue weighted by Crippen LogP contribution is 2.33. The third-order valence-corrected chi connectivity index (χ3v) is 5.24. The molecule has 2 N–H and O–H groups in total. The number of ether oxygens (including phenoxy) is 1. The largest absolute Gasteiger partial charge is 0.377 e. The zero-order valence-corrected chi connectivity index (χ0v) is 14.1. The van der Waals surface area contributed by atoms with Gasteiger partial charge in [0.25, 0.3) is 5.91 Å². The van der Waals surface area contributed by atoms with Gasteiger partial charge in [-0.1, -0.05) is 6.92 Å². The van der Waals surface area contributed by atoms with E-state index in [1.165, 1.54) is 0 Å². The first-order valence-electron chi connectivity index (χ1n) is 8.74. The molecule has 2 aliphatic rings. The molecule has 0 spiro atoms. The molecule has 0 aromatic carbocycles. The highest BCUT2D eigenvalue weighted by atomic mass is 16.5. The van der Waals surface area contributed by atoms with E-state index in [1.54, 1.807) is 12.4 Å². The highest BCUT2D eigenvalue weighted by molar-refractivity contribution is 5.94. The molecule has 6 nitrogen and oxygen atoms in total. The average Bonchev–Trinajstić information content (AvgIpc) is 3.11. The van der Waals surface area contributed by atoms with Crippen molar-refractivity contribution in [2.75, 3.05) is 19.7 Å². The van der Waals surface area contributed by atoms with E-state index in [4.69, 9.17) is 10.5 Å². The van der Waals surface area contributed by atoms with E-state index in [0.29, 0.717) is 37.6 Å². The van der Waals surface area contributed by atoms with Crippen molar-refractivity contribution in [1.29, 1.82) is 0 Å². The smallest absolute Gasteiger partial charge is 0.255 e. The minimum absolute atomic E-state index is 0.0371. The molecule has 6 heteroatoms. The summed E-state index contributed by atoms with van der Waals surface area (Å²) >= 11 is 0. The second kappa shape index (κ2) is 7.30. The third kappa shape index (κ3) is 3.43. The quantitative estimate of drug-likeness (QED) is 0.903. The zero-order chi connectivity index (χ0) is 17.1. The van der Waals surface area contributed by atoms with Gasteiger partial charge in [0.2, 0.25) is 5.91 Å². The van der Waals surface area contributed by atoms with Crippen LogP contribution in [0.15, 0.2) is 18.5 Å². The van der Waals surface area contributed by atoms with Gasteiger partial charge in [-0.25, -0.2) is 0 Å². The SMILES string of the molecule is CCc1cncc(C(=O)N2CCC([C@H]3OCC[C@@H]3C(N)=O)CC2)c1. The monoisotopic (exact) mass is 331 g/mol. The van der Waals surface area contributed by atoms with E-state index in [9.17, 15) is 9.59 Å². The molecule has 0 radical (unpaired) electrons. The van der Waals surface area contributed by atoms with Gasteiger partial charge in [-0.2, -0.15) is 0 Å². The minimum Gasteiger partial charge on any atom is -0.377 e. The minimum atomic E-state index is -0.265. The van der Waals surface area contributed by atoms with Crippen molar-refractivity contribution in [1.82, 2.24) is 9.88 Å². The predicted molar refractivity (Wildman–Crippen MR) is 89.3 cm³/mol. The second-order valence-electron chi connectivity index (χ2n) is 6.70. The molecule has 3 heterocycles. The summed E-state index contributed by atoms with van der Waals surface area (Å²) in [5, 5.41) is 0. The first-order valence-corrected chi connectivity index (χ1v) is 8.74. The summed E-state index contributed by atoms with van der Waals surface area (Å²) < 4.78 is 5.76. The van der Waals surface area contributed by atoms with E-state index in [0.717, 1.165) is 24.8 Å². The van der Waals surface area contributed by atoms with E-state index in [2.05, 4.69) is 4.98 Å². The molecule has 2 amide bonds. The summed E-state index contributed by atoms with van der Waals surface area (Å²) in [7, 11) is 0. The standard InChI is InChI=1S/C18H25N3O3/c1-2-12-9-14(11-20-10-12)18(23)21-6-3-13(4-7-21)16-15(17(19)22)5-8-24-16/h9-11,13,15-16H,2-8H2,1H3,(H2,19,22)/t15-,16+/m0/s1. The number of primary amides is 1. The van der Waals surface area contributed by atoms with Gasteiger partial charge in [0.1, 0.15) is 0 Å². The number of nitrogens with two attached hydrogens (primary N) is 1. The predicted octanol–water partition coefficient (Wildman–Crippen LogP) is 1.39. The Kier molecular flexibility index (Phi) is 5.14. The molecule has 0 saturated carbocycles. The lowest BCUT2D eigenvalue weighted by atomic mass is 9.84. The van der Waals surface area contributed by atoms with Crippen LogP contribution in [0.3, 0.4) is 0 Å². The molecule has 1 aromatic rings. The molecule has 2 fully saturated rings. The molecule has 2 saturated heterocycles. The summed E-state index contributed by atoms with van der Waals surface area (Å²) in [6.07, 6.45) is 6.63. The third-order valence-electron chi connectivity index (χ3n) is 5.24. The number of pyridine rings is 1. The number of carbonyl (C=O) groups excluding carboxylic acids is 2. The molecule has 3 rings (SSSR count). The number of hydrogen-bond acceptors (Lipinski definition) is 4. The normalized spacial score (nSPS) is 25.0. The number of carbonyl (C=O) groups is 2. The van der Waals surface area contributed by atoms with Gasteiger partial charge in [0.05, 0.1) is 17.6 Å². The maximum Gasteiger partial charge on any atom is 0.255 e. The summed E-state index contributed by atoms with van der Waals surface area (Å²) in [4.78, 5) is 30.2. The lowest BCUT2D eigenvalue weighted by Gasteiger charge is -2.35. The van der Waals surface area contributed by atoms with Gasteiger partial charge >= 0.3 is 0 Å². The van der Waals surface area contributed by atoms with Gasteiger partial charge in [0, 0.05) is 32.1 Å². The van der Waals surface area contributed by atoms with Crippen LogP contribution < -0.4 is 5.73 Å². The van der Waals surface area contributed by atoms with Gasteiger partial charge in [-0.3, -0.25) is 14.6 Å². The van der Waals surface area contributed by atoms with Crippen LogP contribution in [0.25, 0.3) is 0 Å². The Morgan fingerprint density at radius 1 is 1.29 bits per heavy atom. The molecule has 0 aliphatic carbocycles. The van der Waals surface area contributed by atoms with Crippen molar-refractivity contribution >= 4 is 11.8 Å². The number of likely N-dealkylation sites (tertiary alicyclic amines) is 1. The van der Waals surface area contributed by atoms with E-state index < -0.39 is 0 Å². The van der Waals surface area contributed by atoms with E-state index >= 15 is 0 Å². The van der Waals surface area contributed by atoms with Crippen molar-refractivity contribution < 1.29 is 14.3 Å². The Morgan fingerprint density at radius 3 is 2.71 bits per heavy atom. The number of piperidine rings is 1. The number of nitrogens with zero attached hydrogens (tertiary/aromatic N) is 2. The molecular weight excluding hydrogens is 306 g/mol. The molecule has 2 aliphatic heterocycles. The maximum atomic E-state index is 12.6. The van der Waals surface area contributed by atoms with Crippen LogP contribution in [0, 0.1) is 11.8 Å². The molecule has 0 unspecified atom stereocenters. The summed E-state index contributed by atoms with van der Waals surface area (Å²) in [6, 6.07) is 1.92. The number of amides is 2. The summed E-state index contributed by atoms with van der Waals surface area (Å²) in [5.74, 6) is -0.106. The molecule has 24 heavy (non-hydrogen) atoms. The number of hydrogen-bond donors (Lipinski definition) is 1. The average molecular weight is 331 g/mol. The summed E-state index contributed by atoms with van der Waals surface area (Å²) in [6.45, 7) is 4.02. The Balaban J connectivity index is 1.60. The lowest BCUT2D eigenvalue weighted by Crippen LogP contribution is -2.44. The first-order chi connectivity index (χ1) is 11.6. The van der Waals surface area contributed by atoms with Crippen LogP contribution in [-0.2, 0) is 16.0 Å². The highest BCUT2D eigenvalue weighted by Gasteiger charge is 2.39. The fraction of sp³-hybridized carbons (Fsp3) is 0.611. The van der Waals surface area contributed by atoms with Crippen LogP contribution in [-0.4, -0.2) is 47.5 Å². The van der Waals surface area contributed by atoms with Crippen molar-refractivity contribution in [3.8, 4) is 0 Å². The topological polar surface area (TPSA) is 85.5 Å². The summed E-state index contributed by atoms with van der Waals surface area (Å²) in [5.41, 5.74) is 7.20. The van der Waals surface area contributed by atoms with Gasteiger partial charge in [-0.05, 0) is 43.2 Å². The molecule has 0 bridgehead atoms. The fourth-order valence-corrected chi connectivity index (χ4v) is 3.79. The molecular formula is C18H25N3O3. The molecule has 2 atom stereocenters. The first kappa shape index (κ1) is 16.9. The van der Waals surface area contributed by atoms with Crippen molar-refractivity contribution in [3.05, 3.63) is 29.6 Å². The Labute approximate surface area is 142 Å². The van der Waals surface area contributed by atoms with Crippen molar-refractivity contribution in [2.24, 2.45) is 17.6 Å². The fourth-order valence-electron chi connectivity index (χ4n) is 3.79. The Morgan fingerprint density at radius 2 is 2.04 bits per heavy atom. The Hall–Kier alpha value is -1.95. The van der Waals surface area contributed by atoms with Crippen LogP contribution >= 0.6 is 0 Å². The molecule has 130 valence electrons. The number of aromatic nitrogens is 1. The van der Waals surface area contributed by atoms with Crippen molar-refractivity contribution in [3.63, 3.8) is 0 Å². The zero-order valence-electron chi connectivity index (χ0n) is 14.1. The second-order valence-corrected chi connectivity index (χ2v) is 6.70. The maximum absolute atomic E-state index is 12.6. The van der Waals surface area contributed by atoms with Gasteiger partial charge in [0.15, 0.2) is 0 Å². The van der Waals surface area contributed by atoms with E-state index in [1.807, 2.05) is 17.9 Å². The van der Waals surface area contributed by atoms with Crippen molar-refractivity contribution in [2.45, 2.75) is 38.7 Å². The van der Waals surface area contributed by atoms with Gasteiger partial charge < -0.3 is 15.4 Å². The van der Waals surface area contributed by atoms with Gasteiger partial charge in [-0.15, -0.1) is 0 Å². The Bertz CT molecular complexity index is 611. The van der Waals surface area contributed by atoms with Crippen LogP contribution in [0.1, 0.15) is 42.1 Å².